The number of hydrogen-bond acceptors (Lipinski definition) is 7. The maximum atomic E-state index is 12.8. The van der Waals surface area contributed by atoms with Gasteiger partial charge in [-0.1, -0.05) is 23.9 Å². The largest absolute Gasteiger partial charge is 0.465 e. The third-order valence-corrected chi connectivity index (χ3v) is 5.37. The van der Waals surface area contributed by atoms with Gasteiger partial charge < -0.3 is 9.47 Å². The number of nitrogens with zero attached hydrogens (tertiary/aromatic N) is 2. The van der Waals surface area contributed by atoms with Gasteiger partial charge in [-0.15, -0.1) is 0 Å². The van der Waals surface area contributed by atoms with Crippen molar-refractivity contribution in [3.05, 3.63) is 46.7 Å². The van der Waals surface area contributed by atoms with E-state index >= 15 is 0 Å². The number of aliphatic imine (C=N–C) groups is 1. The molecule has 0 unspecified atom stereocenters. The van der Waals surface area contributed by atoms with Crippen molar-refractivity contribution in [2.24, 2.45) is 4.99 Å². The lowest BCUT2D eigenvalue weighted by molar-refractivity contribution is -0.143. The zero-order chi connectivity index (χ0) is 20.4. The average Bonchev–Trinajstić information content (AvgIpc) is 2.66. The number of hydrogen-bond donors (Lipinski definition) is 0. The summed E-state index contributed by atoms with van der Waals surface area (Å²) in [4.78, 5) is 43.3. The van der Waals surface area contributed by atoms with Crippen molar-refractivity contribution in [2.45, 2.75) is 39.3 Å². The summed E-state index contributed by atoms with van der Waals surface area (Å²) < 4.78 is 10.2. The Hall–Kier alpha value is -2.61. The van der Waals surface area contributed by atoms with Gasteiger partial charge in [0, 0.05) is 12.2 Å². The molecule has 1 fully saturated rings. The fourth-order valence-corrected chi connectivity index (χ4v) is 4.18. The third-order valence-electron chi connectivity index (χ3n) is 4.42. The number of ether oxygens (including phenoxy) is 2. The van der Waals surface area contributed by atoms with E-state index in [9.17, 15) is 14.4 Å². The quantitative estimate of drug-likeness (QED) is 0.720. The molecule has 148 valence electrons. The van der Waals surface area contributed by atoms with E-state index in [1.54, 1.807) is 49.9 Å². The minimum absolute atomic E-state index is 0.0955. The lowest BCUT2D eigenvalue weighted by Gasteiger charge is -2.39. The second kappa shape index (κ2) is 8.18. The summed E-state index contributed by atoms with van der Waals surface area (Å²) in [5.74, 6) is -0.392. The molecule has 0 spiro atoms. The number of carbonyl (C=O) groups is 3. The van der Waals surface area contributed by atoms with E-state index in [0.717, 1.165) is 0 Å². The Kier molecular flexibility index (Phi) is 5.88. The number of allylic oxidation sites excluding steroid dienone is 1. The van der Waals surface area contributed by atoms with Crippen molar-refractivity contribution in [2.75, 3.05) is 12.9 Å². The summed E-state index contributed by atoms with van der Waals surface area (Å²) in [5, 5.41) is 0.580. The summed E-state index contributed by atoms with van der Waals surface area (Å²) in [6.45, 7) is 5.29. The third kappa shape index (κ3) is 3.82. The highest BCUT2D eigenvalue weighted by Crippen LogP contribution is 2.40. The maximum Gasteiger partial charge on any atom is 0.338 e. The second-order valence-corrected chi connectivity index (χ2v) is 7.79. The first-order chi connectivity index (χ1) is 13.3. The van der Waals surface area contributed by atoms with Gasteiger partial charge in [0.15, 0.2) is 5.17 Å². The van der Waals surface area contributed by atoms with Crippen LogP contribution in [0, 0.1) is 0 Å². The van der Waals surface area contributed by atoms with Gasteiger partial charge in [0.1, 0.15) is 0 Å². The predicted octanol–water partition coefficient (Wildman–Crippen LogP) is 3.08. The molecule has 1 aromatic carbocycles. The molecular weight excluding hydrogens is 380 g/mol. The fraction of sp³-hybridized carbons (Fsp3) is 0.400. The van der Waals surface area contributed by atoms with Crippen molar-refractivity contribution in [3.8, 4) is 0 Å². The molecule has 0 saturated carbocycles. The first kappa shape index (κ1) is 20.1. The van der Waals surface area contributed by atoms with Crippen molar-refractivity contribution < 1.29 is 23.9 Å². The van der Waals surface area contributed by atoms with Gasteiger partial charge in [0.2, 0.25) is 5.91 Å². The molecule has 0 aliphatic carbocycles. The lowest BCUT2D eigenvalue weighted by Crippen LogP contribution is -2.46. The van der Waals surface area contributed by atoms with E-state index < -0.39 is 18.0 Å². The number of amides is 1. The maximum absolute atomic E-state index is 12.8. The zero-order valence-electron chi connectivity index (χ0n) is 16.2. The monoisotopic (exact) mass is 402 g/mol. The Morgan fingerprint density at radius 3 is 2.50 bits per heavy atom. The van der Waals surface area contributed by atoms with Crippen LogP contribution in [0.3, 0.4) is 0 Å². The van der Waals surface area contributed by atoms with Crippen LogP contribution in [0.5, 0.6) is 0 Å². The molecule has 2 heterocycles. The van der Waals surface area contributed by atoms with Crippen LogP contribution in [0.25, 0.3) is 0 Å². The smallest absolute Gasteiger partial charge is 0.338 e. The summed E-state index contributed by atoms with van der Waals surface area (Å²) in [6, 6.07) is 6.04. The van der Waals surface area contributed by atoms with E-state index in [2.05, 4.69) is 4.99 Å². The predicted molar refractivity (Wildman–Crippen MR) is 106 cm³/mol. The minimum Gasteiger partial charge on any atom is -0.465 e. The van der Waals surface area contributed by atoms with Crippen LogP contribution in [0.1, 0.15) is 49.2 Å². The number of methoxy groups -OCH3 is 1. The van der Waals surface area contributed by atoms with Crippen molar-refractivity contribution in [3.63, 3.8) is 0 Å². The molecule has 7 nitrogen and oxygen atoms in total. The van der Waals surface area contributed by atoms with Crippen molar-refractivity contribution in [1.82, 2.24) is 4.90 Å². The lowest BCUT2D eigenvalue weighted by atomic mass is 9.93. The van der Waals surface area contributed by atoms with Gasteiger partial charge in [-0.2, -0.15) is 0 Å². The van der Waals surface area contributed by atoms with Crippen LogP contribution in [0.2, 0.25) is 0 Å². The Morgan fingerprint density at radius 2 is 1.89 bits per heavy atom. The normalized spacial score (nSPS) is 19.3. The molecular formula is C20H22N2O5S. The van der Waals surface area contributed by atoms with E-state index in [1.165, 1.54) is 18.9 Å². The van der Waals surface area contributed by atoms with Crippen LogP contribution < -0.4 is 0 Å². The van der Waals surface area contributed by atoms with Crippen LogP contribution in [0.4, 0.5) is 0 Å². The second-order valence-electron chi connectivity index (χ2n) is 6.73. The van der Waals surface area contributed by atoms with Gasteiger partial charge in [-0.3, -0.25) is 9.69 Å². The Labute approximate surface area is 167 Å². The topological polar surface area (TPSA) is 85.3 Å². The number of fused-ring (bicyclic) bond motifs is 1. The van der Waals surface area contributed by atoms with E-state index in [1.807, 2.05) is 0 Å². The summed E-state index contributed by atoms with van der Waals surface area (Å²) in [7, 11) is 1.32. The van der Waals surface area contributed by atoms with Gasteiger partial charge in [-0.25, -0.2) is 14.6 Å². The highest BCUT2D eigenvalue weighted by Gasteiger charge is 2.41. The highest BCUT2D eigenvalue weighted by atomic mass is 32.2. The Bertz CT molecular complexity index is 873. The number of rotatable bonds is 4. The SMILES string of the molecule is COC(=O)c1ccc([C@H]2C(C(=O)OC(C)C)=C(C)N=C3SCCC(=O)N32)cc1. The Morgan fingerprint density at radius 1 is 1.21 bits per heavy atom. The van der Waals surface area contributed by atoms with Crippen LogP contribution in [0.15, 0.2) is 40.5 Å². The first-order valence-electron chi connectivity index (χ1n) is 8.97. The number of carbonyl (C=O) groups excluding carboxylic acids is 3. The molecule has 0 radical (unpaired) electrons. The van der Waals surface area contributed by atoms with Crippen LogP contribution >= 0.6 is 11.8 Å². The first-order valence-corrected chi connectivity index (χ1v) is 9.95. The van der Waals surface area contributed by atoms with Gasteiger partial charge in [-0.05, 0) is 38.5 Å². The molecule has 0 N–H and O–H groups in total. The highest BCUT2D eigenvalue weighted by molar-refractivity contribution is 8.14. The van der Waals surface area contributed by atoms with E-state index in [0.29, 0.717) is 39.7 Å². The molecule has 1 aromatic rings. The van der Waals surface area contributed by atoms with Crippen LogP contribution in [-0.2, 0) is 19.1 Å². The standard InChI is InChI=1S/C20H22N2O5S/c1-11(2)27-19(25)16-12(3)21-20-22(15(23)9-10-28-20)17(16)13-5-7-14(8-6-13)18(24)26-4/h5-8,11,17H,9-10H2,1-4H3/t17-/m0/s1. The van der Waals surface area contributed by atoms with Gasteiger partial charge in [0.05, 0.1) is 36.1 Å². The summed E-state index contributed by atoms with van der Waals surface area (Å²) in [5.41, 5.74) is 1.95. The number of benzene rings is 1. The summed E-state index contributed by atoms with van der Waals surface area (Å²) >= 11 is 1.49. The fourth-order valence-electron chi connectivity index (χ4n) is 3.17. The Balaban J connectivity index is 2.09. The van der Waals surface area contributed by atoms with Crippen molar-refractivity contribution >= 4 is 34.8 Å². The molecule has 2 aliphatic heterocycles. The van der Waals surface area contributed by atoms with Crippen molar-refractivity contribution in [1.29, 1.82) is 0 Å². The van der Waals surface area contributed by atoms with Gasteiger partial charge >= 0.3 is 11.9 Å². The molecule has 1 amide bonds. The number of esters is 2. The molecule has 1 saturated heterocycles. The molecule has 0 aromatic heterocycles. The molecule has 2 aliphatic rings. The molecule has 1 atom stereocenters. The van der Waals surface area contributed by atoms with Crippen LogP contribution in [-0.4, -0.2) is 46.9 Å². The van der Waals surface area contributed by atoms with Gasteiger partial charge in [0.25, 0.3) is 0 Å². The average molecular weight is 402 g/mol. The van der Waals surface area contributed by atoms with E-state index in [-0.39, 0.29) is 12.0 Å². The molecule has 0 bridgehead atoms. The number of thioether (sulfide) groups is 1. The molecule has 8 heteroatoms. The minimum atomic E-state index is -0.647. The van der Waals surface area contributed by atoms with E-state index in [4.69, 9.17) is 9.47 Å². The molecule has 28 heavy (non-hydrogen) atoms. The zero-order valence-corrected chi connectivity index (χ0v) is 17.0. The number of amidine groups is 1. The summed E-state index contributed by atoms with van der Waals surface area (Å²) in [6.07, 6.45) is 0.0679. The molecule has 3 rings (SSSR count).